The molecule has 154 valence electrons. The second kappa shape index (κ2) is 9.93. The first-order chi connectivity index (χ1) is 14.0. The fraction of sp³-hybridized carbons (Fsp3) is 0.364. The van der Waals surface area contributed by atoms with Gasteiger partial charge >= 0.3 is 0 Å². The summed E-state index contributed by atoms with van der Waals surface area (Å²) in [4.78, 5) is 25.9. The average Bonchev–Trinajstić information content (AvgIpc) is 2.69. The lowest BCUT2D eigenvalue weighted by atomic mass is 10.2. The van der Waals surface area contributed by atoms with Crippen LogP contribution < -0.4 is 25.0 Å². The van der Waals surface area contributed by atoms with Crippen molar-refractivity contribution in [2.24, 2.45) is 0 Å². The van der Waals surface area contributed by atoms with E-state index in [4.69, 9.17) is 9.47 Å². The maximum absolute atomic E-state index is 12.5. The van der Waals surface area contributed by atoms with Crippen molar-refractivity contribution >= 4 is 23.2 Å². The van der Waals surface area contributed by atoms with Gasteiger partial charge in [-0.05, 0) is 37.1 Å². The minimum atomic E-state index is -0.145. The van der Waals surface area contributed by atoms with Crippen LogP contribution in [0.2, 0.25) is 0 Å². The SMILES string of the molecule is CCC[NH+](CC(=O)Nc1ccc2c(c1)OCCO2)CC(=O)Nc1ccccc1C. The van der Waals surface area contributed by atoms with Gasteiger partial charge in [0.2, 0.25) is 0 Å². The van der Waals surface area contributed by atoms with Crippen molar-refractivity contribution in [3.63, 3.8) is 0 Å². The number of ether oxygens (including phenoxy) is 2. The van der Waals surface area contributed by atoms with Crippen LogP contribution in [0.25, 0.3) is 0 Å². The van der Waals surface area contributed by atoms with Gasteiger partial charge in [0.15, 0.2) is 24.6 Å². The van der Waals surface area contributed by atoms with E-state index in [0.29, 0.717) is 30.4 Å². The molecule has 29 heavy (non-hydrogen) atoms. The Morgan fingerprint density at radius 3 is 2.38 bits per heavy atom. The van der Waals surface area contributed by atoms with Gasteiger partial charge in [-0.1, -0.05) is 25.1 Å². The van der Waals surface area contributed by atoms with Crippen LogP contribution in [0.5, 0.6) is 11.5 Å². The first-order valence-electron chi connectivity index (χ1n) is 9.93. The smallest absolute Gasteiger partial charge is 0.279 e. The number of quaternary nitrogens is 1. The third-order valence-corrected chi connectivity index (χ3v) is 4.67. The normalized spacial score (nSPS) is 13.4. The number of rotatable bonds is 8. The van der Waals surface area contributed by atoms with E-state index in [1.807, 2.05) is 38.1 Å². The fourth-order valence-electron chi connectivity index (χ4n) is 3.28. The van der Waals surface area contributed by atoms with Gasteiger partial charge in [-0.2, -0.15) is 0 Å². The highest BCUT2D eigenvalue weighted by Gasteiger charge is 2.19. The van der Waals surface area contributed by atoms with Gasteiger partial charge in [-0.3, -0.25) is 9.59 Å². The summed E-state index contributed by atoms with van der Waals surface area (Å²) in [6.45, 7) is 6.19. The summed E-state index contributed by atoms with van der Waals surface area (Å²) in [6, 6.07) is 13.0. The number of benzene rings is 2. The summed E-state index contributed by atoms with van der Waals surface area (Å²) in [5.41, 5.74) is 2.46. The van der Waals surface area contributed by atoms with E-state index in [0.717, 1.165) is 29.1 Å². The van der Waals surface area contributed by atoms with E-state index in [-0.39, 0.29) is 24.9 Å². The molecule has 1 unspecified atom stereocenters. The Morgan fingerprint density at radius 1 is 0.966 bits per heavy atom. The Kier molecular flexibility index (Phi) is 7.08. The molecule has 2 amide bonds. The predicted octanol–water partition coefficient (Wildman–Crippen LogP) is 1.64. The number of hydrogen-bond donors (Lipinski definition) is 3. The molecular formula is C22H28N3O4+. The summed E-state index contributed by atoms with van der Waals surface area (Å²) >= 11 is 0. The molecule has 2 aromatic rings. The largest absolute Gasteiger partial charge is 0.486 e. The van der Waals surface area contributed by atoms with Crippen LogP contribution in [-0.4, -0.2) is 44.7 Å². The third-order valence-electron chi connectivity index (χ3n) is 4.67. The van der Waals surface area contributed by atoms with E-state index in [2.05, 4.69) is 10.6 Å². The van der Waals surface area contributed by atoms with Gasteiger partial charge in [0, 0.05) is 17.4 Å². The van der Waals surface area contributed by atoms with Crippen LogP contribution in [0.4, 0.5) is 11.4 Å². The lowest BCUT2D eigenvalue weighted by molar-refractivity contribution is -0.883. The number of nitrogens with one attached hydrogen (secondary N) is 3. The Morgan fingerprint density at radius 2 is 1.66 bits per heavy atom. The van der Waals surface area contributed by atoms with Gasteiger partial charge in [-0.25, -0.2) is 0 Å². The van der Waals surface area contributed by atoms with Gasteiger partial charge in [-0.15, -0.1) is 0 Å². The number of carbonyl (C=O) groups excluding carboxylic acids is 2. The zero-order valence-electron chi connectivity index (χ0n) is 16.9. The van der Waals surface area contributed by atoms with Crippen LogP contribution >= 0.6 is 0 Å². The molecule has 0 aromatic heterocycles. The molecule has 0 spiro atoms. The van der Waals surface area contributed by atoms with Crippen molar-refractivity contribution in [3.8, 4) is 11.5 Å². The Hall–Kier alpha value is -3.06. The van der Waals surface area contributed by atoms with Crippen molar-refractivity contribution in [1.82, 2.24) is 0 Å². The molecule has 0 radical (unpaired) electrons. The molecule has 1 aliphatic rings. The van der Waals surface area contributed by atoms with Crippen molar-refractivity contribution < 1.29 is 24.0 Å². The number of amides is 2. The van der Waals surface area contributed by atoms with Crippen LogP contribution in [0.3, 0.4) is 0 Å². The van der Waals surface area contributed by atoms with Gasteiger partial charge in [0.1, 0.15) is 13.2 Å². The van der Waals surface area contributed by atoms with E-state index >= 15 is 0 Å². The van der Waals surface area contributed by atoms with Crippen LogP contribution in [0, 0.1) is 6.92 Å². The zero-order valence-corrected chi connectivity index (χ0v) is 16.9. The molecule has 1 aliphatic heterocycles. The fourth-order valence-corrected chi connectivity index (χ4v) is 3.28. The van der Waals surface area contributed by atoms with Gasteiger partial charge in [0.25, 0.3) is 11.8 Å². The highest BCUT2D eigenvalue weighted by Crippen LogP contribution is 2.32. The highest BCUT2D eigenvalue weighted by molar-refractivity contribution is 5.93. The molecule has 0 bridgehead atoms. The predicted molar refractivity (Wildman–Crippen MR) is 112 cm³/mol. The summed E-state index contributed by atoms with van der Waals surface area (Å²) < 4.78 is 11.0. The maximum atomic E-state index is 12.5. The first kappa shape index (κ1) is 20.7. The molecule has 3 N–H and O–H groups in total. The number of anilines is 2. The molecule has 0 saturated heterocycles. The summed E-state index contributed by atoms with van der Waals surface area (Å²) in [5, 5.41) is 5.82. The molecule has 0 aliphatic carbocycles. The lowest BCUT2D eigenvalue weighted by Gasteiger charge is -2.20. The van der Waals surface area contributed by atoms with E-state index in [1.165, 1.54) is 0 Å². The van der Waals surface area contributed by atoms with E-state index in [9.17, 15) is 9.59 Å². The minimum absolute atomic E-state index is 0.102. The van der Waals surface area contributed by atoms with Crippen molar-refractivity contribution in [2.75, 3.05) is 43.5 Å². The van der Waals surface area contributed by atoms with E-state index in [1.54, 1.807) is 18.2 Å². The molecule has 7 nitrogen and oxygen atoms in total. The first-order valence-corrected chi connectivity index (χ1v) is 9.93. The summed E-state index contributed by atoms with van der Waals surface area (Å²) in [6.07, 6.45) is 0.879. The number of hydrogen-bond acceptors (Lipinski definition) is 4. The Balaban J connectivity index is 1.56. The second-order valence-electron chi connectivity index (χ2n) is 7.12. The number of aryl methyl sites for hydroxylation is 1. The van der Waals surface area contributed by atoms with Crippen LogP contribution in [-0.2, 0) is 9.59 Å². The van der Waals surface area contributed by atoms with Crippen molar-refractivity contribution in [3.05, 3.63) is 48.0 Å². The molecule has 0 fully saturated rings. The summed E-state index contributed by atoms with van der Waals surface area (Å²) in [7, 11) is 0. The molecular weight excluding hydrogens is 370 g/mol. The lowest BCUT2D eigenvalue weighted by Crippen LogP contribution is -3.14. The van der Waals surface area contributed by atoms with Crippen molar-refractivity contribution in [1.29, 1.82) is 0 Å². The van der Waals surface area contributed by atoms with Crippen LogP contribution in [0.1, 0.15) is 18.9 Å². The second-order valence-corrected chi connectivity index (χ2v) is 7.12. The minimum Gasteiger partial charge on any atom is -0.486 e. The zero-order chi connectivity index (χ0) is 20.6. The molecule has 0 saturated carbocycles. The maximum Gasteiger partial charge on any atom is 0.279 e. The standard InChI is InChI=1S/C22H27N3O4/c1-3-10-25(15-22(27)24-18-7-5-4-6-16(18)2)14-21(26)23-17-8-9-19-20(13-17)29-12-11-28-19/h4-9,13H,3,10-12,14-15H2,1-2H3,(H,23,26)(H,24,27)/p+1. The molecule has 1 atom stereocenters. The topological polar surface area (TPSA) is 81.1 Å². The van der Waals surface area contributed by atoms with Crippen LogP contribution in [0.15, 0.2) is 42.5 Å². The molecule has 7 heteroatoms. The van der Waals surface area contributed by atoms with Gasteiger partial charge in [0.05, 0.1) is 6.54 Å². The average molecular weight is 398 g/mol. The highest BCUT2D eigenvalue weighted by atomic mass is 16.6. The number of carbonyl (C=O) groups is 2. The summed E-state index contributed by atoms with van der Waals surface area (Å²) in [5.74, 6) is 1.06. The molecule has 1 heterocycles. The van der Waals surface area contributed by atoms with Crippen molar-refractivity contribution in [2.45, 2.75) is 20.3 Å². The molecule has 3 rings (SSSR count). The van der Waals surface area contributed by atoms with Gasteiger partial charge < -0.3 is 25.0 Å². The number of fused-ring (bicyclic) bond motifs is 1. The quantitative estimate of drug-likeness (QED) is 0.632. The molecule has 2 aromatic carbocycles. The third kappa shape index (κ3) is 5.96. The Labute approximate surface area is 171 Å². The Bertz CT molecular complexity index is 869. The van der Waals surface area contributed by atoms with E-state index < -0.39 is 0 Å². The number of para-hydroxylation sites is 1. The monoisotopic (exact) mass is 398 g/mol.